The fourth-order valence-corrected chi connectivity index (χ4v) is 3.87. The Balaban J connectivity index is 1.43. The molecular weight excluding hydrogens is 354 g/mol. The third-order valence-electron chi connectivity index (χ3n) is 5.48. The lowest BCUT2D eigenvalue weighted by Crippen LogP contribution is -2.37. The van der Waals surface area contributed by atoms with Gasteiger partial charge in [0, 0.05) is 30.5 Å². The number of aryl methyl sites for hydroxylation is 1. The van der Waals surface area contributed by atoms with E-state index in [2.05, 4.69) is 4.98 Å². The Labute approximate surface area is 163 Å². The maximum Gasteiger partial charge on any atom is 0.330 e. The Morgan fingerprint density at radius 1 is 1.04 bits per heavy atom. The van der Waals surface area contributed by atoms with E-state index in [4.69, 9.17) is 0 Å². The number of piperidine rings is 1. The minimum Gasteiger partial charge on any atom is -0.508 e. The number of rotatable bonds is 3. The molecule has 0 atom stereocenters. The Kier molecular flexibility index (Phi) is 4.77. The van der Waals surface area contributed by atoms with Crippen LogP contribution in [-0.2, 0) is 0 Å². The number of aromatic amines is 1. The molecule has 6 heteroatoms. The van der Waals surface area contributed by atoms with E-state index in [0.717, 1.165) is 24.2 Å². The summed E-state index contributed by atoms with van der Waals surface area (Å²) in [6.07, 6.45) is 3.48. The number of carbonyl (C=O) groups is 1. The van der Waals surface area contributed by atoms with Crippen molar-refractivity contribution in [3.63, 3.8) is 0 Å². The molecule has 6 nitrogen and oxygen atoms in total. The first-order valence-corrected chi connectivity index (χ1v) is 9.48. The second kappa shape index (κ2) is 7.38. The highest BCUT2D eigenvalue weighted by Crippen LogP contribution is 2.29. The van der Waals surface area contributed by atoms with Gasteiger partial charge in [-0.05, 0) is 67.6 Å². The standard InChI is InChI=1S/C22H23N3O3/c1-15-14-23-22(28)25(15)19-6-2-18(3-7-19)21(27)24-12-10-17(11-13-24)16-4-8-20(26)9-5-16/h2-9,14,17,26H,10-13H2,1H3,(H,23,28). The Bertz CT molecular complexity index is 1020. The van der Waals surface area contributed by atoms with Crippen molar-refractivity contribution in [2.75, 3.05) is 13.1 Å². The molecule has 1 aliphatic heterocycles. The van der Waals surface area contributed by atoms with Crippen molar-refractivity contribution in [2.24, 2.45) is 0 Å². The number of hydrogen-bond acceptors (Lipinski definition) is 3. The van der Waals surface area contributed by atoms with E-state index in [-0.39, 0.29) is 17.3 Å². The van der Waals surface area contributed by atoms with Crippen molar-refractivity contribution < 1.29 is 9.90 Å². The average Bonchev–Trinajstić information content (AvgIpc) is 3.06. The summed E-state index contributed by atoms with van der Waals surface area (Å²) in [5.41, 5.74) is 3.22. The van der Waals surface area contributed by atoms with Gasteiger partial charge >= 0.3 is 5.69 Å². The third-order valence-corrected chi connectivity index (χ3v) is 5.48. The Hall–Kier alpha value is -3.28. The summed E-state index contributed by atoms with van der Waals surface area (Å²) in [7, 11) is 0. The number of H-pyrrole nitrogens is 1. The first-order valence-electron chi connectivity index (χ1n) is 9.48. The van der Waals surface area contributed by atoms with Gasteiger partial charge in [0.25, 0.3) is 5.91 Å². The molecule has 0 bridgehead atoms. The van der Waals surface area contributed by atoms with E-state index in [0.29, 0.717) is 24.6 Å². The topological polar surface area (TPSA) is 78.3 Å². The fourth-order valence-electron chi connectivity index (χ4n) is 3.87. The number of hydrogen-bond donors (Lipinski definition) is 2. The minimum absolute atomic E-state index is 0.0221. The van der Waals surface area contributed by atoms with Crippen LogP contribution in [0.1, 0.15) is 40.4 Å². The number of carbonyl (C=O) groups excluding carboxylic acids is 1. The smallest absolute Gasteiger partial charge is 0.330 e. The average molecular weight is 377 g/mol. The molecule has 1 aromatic heterocycles. The van der Waals surface area contributed by atoms with Crippen LogP contribution in [0.15, 0.2) is 59.5 Å². The summed E-state index contributed by atoms with van der Waals surface area (Å²) < 4.78 is 1.58. The molecule has 144 valence electrons. The number of phenolic OH excluding ortho intramolecular Hbond substituents is 1. The first-order chi connectivity index (χ1) is 13.5. The number of aromatic hydroxyl groups is 1. The molecular formula is C22H23N3O3. The normalized spacial score (nSPS) is 15.0. The Morgan fingerprint density at radius 2 is 1.68 bits per heavy atom. The molecule has 0 aliphatic carbocycles. The number of likely N-dealkylation sites (tertiary alicyclic amines) is 1. The van der Waals surface area contributed by atoms with Gasteiger partial charge in [0.1, 0.15) is 5.75 Å². The van der Waals surface area contributed by atoms with Gasteiger partial charge < -0.3 is 15.0 Å². The van der Waals surface area contributed by atoms with Crippen molar-refractivity contribution in [3.8, 4) is 11.4 Å². The number of nitrogens with zero attached hydrogens (tertiary/aromatic N) is 2. The molecule has 0 spiro atoms. The molecule has 4 rings (SSSR count). The SMILES string of the molecule is Cc1c[nH]c(=O)n1-c1ccc(C(=O)N2CCC(c3ccc(O)cc3)CC2)cc1. The number of nitrogens with one attached hydrogen (secondary N) is 1. The summed E-state index contributed by atoms with van der Waals surface area (Å²) >= 11 is 0. The Morgan fingerprint density at radius 3 is 2.25 bits per heavy atom. The van der Waals surface area contributed by atoms with Crippen LogP contribution in [0, 0.1) is 6.92 Å². The van der Waals surface area contributed by atoms with E-state index < -0.39 is 0 Å². The second-order valence-corrected chi connectivity index (χ2v) is 7.28. The highest BCUT2D eigenvalue weighted by molar-refractivity contribution is 5.94. The van der Waals surface area contributed by atoms with Gasteiger partial charge in [-0.15, -0.1) is 0 Å². The lowest BCUT2D eigenvalue weighted by Gasteiger charge is -2.32. The number of amides is 1. The zero-order valence-electron chi connectivity index (χ0n) is 15.8. The van der Waals surface area contributed by atoms with Gasteiger partial charge in [0.15, 0.2) is 0 Å². The van der Waals surface area contributed by atoms with Gasteiger partial charge in [0.05, 0.1) is 5.69 Å². The summed E-state index contributed by atoms with van der Waals surface area (Å²) in [6, 6.07) is 14.5. The highest BCUT2D eigenvalue weighted by Gasteiger charge is 2.24. The monoisotopic (exact) mass is 377 g/mol. The molecule has 1 saturated heterocycles. The largest absolute Gasteiger partial charge is 0.508 e. The lowest BCUT2D eigenvalue weighted by molar-refractivity contribution is 0.0713. The van der Waals surface area contributed by atoms with E-state index in [1.54, 1.807) is 47.2 Å². The highest BCUT2D eigenvalue weighted by atomic mass is 16.3. The van der Waals surface area contributed by atoms with Gasteiger partial charge in [-0.2, -0.15) is 0 Å². The molecule has 1 aliphatic rings. The van der Waals surface area contributed by atoms with E-state index in [1.165, 1.54) is 5.56 Å². The van der Waals surface area contributed by atoms with Crippen LogP contribution in [0.25, 0.3) is 5.69 Å². The second-order valence-electron chi connectivity index (χ2n) is 7.28. The predicted octanol–water partition coefficient (Wildman–Crippen LogP) is 3.20. The summed E-state index contributed by atoms with van der Waals surface area (Å²) in [5, 5.41) is 9.43. The van der Waals surface area contributed by atoms with Gasteiger partial charge in [-0.1, -0.05) is 12.1 Å². The van der Waals surface area contributed by atoms with Crippen LogP contribution in [0.2, 0.25) is 0 Å². The first kappa shape index (κ1) is 18.1. The molecule has 1 amide bonds. The van der Waals surface area contributed by atoms with Gasteiger partial charge in [-0.3, -0.25) is 9.36 Å². The number of imidazole rings is 1. The van der Waals surface area contributed by atoms with Crippen molar-refractivity contribution in [2.45, 2.75) is 25.7 Å². The molecule has 0 saturated carbocycles. The fraction of sp³-hybridized carbons (Fsp3) is 0.273. The van der Waals surface area contributed by atoms with E-state index in [9.17, 15) is 14.7 Å². The van der Waals surface area contributed by atoms with Gasteiger partial charge in [-0.25, -0.2) is 4.79 Å². The zero-order valence-corrected chi connectivity index (χ0v) is 15.8. The molecule has 1 fully saturated rings. The van der Waals surface area contributed by atoms with E-state index >= 15 is 0 Å². The number of aromatic nitrogens is 2. The lowest BCUT2D eigenvalue weighted by atomic mass is 9.89. The van der Waals surface area contributed by atoms with Crippen molar-refractivity contribution in [1.82, 2.24) is 14.5 Å². The number of benzene rings is 2. The maximum absolute atomic E-state index is 12.8. The maximum atomic E-state index is 12.8. The van der Waals surface area contributed by atoms with Crippen LogP contribution in [0.3, 0.4) is 0 Å². The minimum atomic E-state index is -0.187. The zero-order chi connectivity index (χ0) is 19.7. The van der Waals surface area contributed by atoms with E-state index in [1.807, 2.05) is 24.0 Å². The van der Waals surface area contributed by atoms with Crippen molar-refractivity contribution in [1.29, 1.82) is 0 Å². The third kappa shape index (κ3) is 3.45. The van der Waals surface area contributed by atoms with Gasteiger partial charge in [0.2, 0.25) is 0 Å². The molecule has 28 heavy (non-hydrogen) atoms. The summed E-state index contributed by atoms with van der Waals surface area (Å²) in [4.78, 5) is 29.3. The number of phenols is 1. The van der Waals surface area contributed by atoms with Crippen LogP contribution >= 0.6 is 0 Å². The van der Waals surface area contributed by atoms with Crippen molar-refractivity contribution in [3.05, 3.63) is 82.0 Å². The quantitative estimate of drug-likeness (QED) is 0.736. The molecule has 2 aromatic carbocycles. The molecule has 0 unspecified atom stereocenters. The molecule has 3 aromatic rings. The summed E-state index contributed by atoms with van der Waals surface area (Å²) in [6.45, 7) is 3.28. The van der Waals surface area contributed by atoms with Crippen LogP contribution in [0.5, 0.6) is 5.75 Å². The summed E-state index contributed by atoms with van der Waals surface area (Å²) in [5.74, 6) is 0.709. The molecule has 2 heterocycles. The van der Waals surface area contributed by atoms with Crippen LogP contribution in [-0.4, -0.2) is 38.6 Å². The molecule has 2 N–H and O–H groups in total. The predicted molar refractivity (Wildman–Crippen MR) is 107 cm³/mol. The van der Waals surface area contributed by atoms with Crippen molar-refractivity contribution >= 4 is 5.91 Å². The van der Waals surface area contributed by atoms with Crippen LogP contribution < -0.4 is 5.69 Å². The molecule has 0 radical (unpaired) electrons. The van der Waals surface area contributed by atoms with Crippen LogP contribution in [0.4, 0.5) is 0 Å².